The number of nitrogens with two attached hydrogens (primary N) is 1. The molecule has 2 aromatic heterocycles. The molecule has 34 heavy (non-hydrogen) atoms. The van der Waals surface area contributed by atoms with Crippen LogP contribution >= 0.6 is 0 Å². The van der Waals surface area contributed by atoms with E-state index < -0.39 is 0 Å². The van der Waals surface area contributed by atoms with Crippen molar-refractivity contribution in [2.75, 3.05) is 25.6 Å². The van der Waals surface area contributed by atoms with Gasteiger partial charge in [0.25, 0.3) is 5.91 Å². The Morgan fingerprint density at radius 2 is 1.88 bits per heavy atom. The van der Waals surface area contributed by atoms with Crippen LogP contribution in [-0.2, 0) is 9.53 Å². The molecule has 0 aliphatic heterocycles. The molecular weight excluding hydrogens is 434 g/mol. The minimum atomic E-state index is -0.360. The maximum atomic E-state index is 12.9. The molecule has 1 aliphatic carbocycles. The zero-order valence-corrected chi connectivity index (χ0v) is 19.5. The summed E-state index contributed by atoms with van der Waals surface area (Å²) in [6.07, 6.45) is 5.41. The van der Waals surface area contributed by atoms with E-state index in [0.29, 0.717) is 29.3 Å². The fourth-order valence-electron chi connectivity index (χ4n) is 4.21. The number of benzene rings is 1. The summed E-state index contributed by atoms with van der Waals surface area (Å²) in [5.41, 5.74) is 8.61. The van der Waals surface area contributed by atoms with Crippen molar-refractivity contribution in [2.24, 2.45) is 5.73 Å². The number of pyridine rings is 1. The third kappa shape index (κ3) is 5.31. The van der Waals surface area contributed by atoms with Crippen molar-refractivity contribution in [3.8, 4) is 17.0 Å². The zero-order valence-electron chi connectivity index (χ0n) is 19.5. The Labute approximate surface area is 198 Å². The lowest BCUT2D eigenvalue weighted by molar-refractivity contribution is -0.140. The standard InChI is InChI=1S/C25H31N5O4/c1-3-34-22(31)15-27-24-23(16-4-10-20(33-2)11-5-16)29-21-14-17(12-13-30(21)24)25(32)28-19-8-6-18(26)7-9-19/h4-5,10-14,18-19,27H,3,6-9,15,26H2,1-2H3,(H,28,32). The SMILES string of the molecule is CCOC(=O)CNc1c(-c2ccc(OC)cc2)nc2cc(C(=O)NC3CCC(N)CC3)ccn12. The van der Waals surface area contributed by atoms with Gasteiger partial charge in [-0.3, -0.25) is 14.0 Å². The quantitative estimate of drug-likeness (QED) is 0.438. The van der Waals surface area contributed by atoms with Crippen molar-refractivity contribution in [1.82, 2.24) is 14.7 Å². The number of imidazole rings is 1. The third-order valence-electron chi connectivity index (χ3n) is 6.06. The second-order valence-electron chi connectivity index (χ2n) is 8.42. The number of nitrogens with zero attached hydrogens (tertiary/aromatic N) is 2. The highest BCUT2D eigenvalue weighted by Crippen LogP contribution is 2.30. The van der Waals surface area contributed by atoms with E-state index >= 15 is 0 Å². The summed E-state index contributed by atoms with van der Waals surface area (Å²) >= 11 is 0. The molecule has 2 heterocycles. The summed E-state index contributed by atoms with van der Waals surface area (Å²) in [5.74, 6) is 0.886. The maximum absolute atomic E-state index is 12.9. The van der Waals surface area contributed by atoms with Crippen LogP contribution in [-0.4, -0.2) is 53.6 Å². The van der Waals surface area contributed by atoms with E-state index in [0.717, 1.165) is 37.0 Å². The Balaban J connectivity index is 1.63. The van der Waals surface area contributed by atoms with Crippen LogP contribution in [0.5, 0.6) is 5.75 Å². The van der Waals surface area contributed by atoms with Gasteiger partial charge in [0.15, 0.2) is 0 Å². The van der Waals surface area contributed by atoms with Gasteiger partial charge in [-0.05, 0) is 69.0 Å². The van der Waals surface area contributed by atoms with Gasteiger partial charge in [0.1, 0.15) is 29.5 Å². The second-order valence-corrected chi connectivity index (χ2v) is 8.42. The number of esters is 1. The van der Waals surface area contributed by atoms with Crippen molar-refractivity contribution in [1.29, 1.82) is 0 Å². The van der Waals surface area contributed by atoms with Crippen LogP contribution in [0.4, 0.5) is 5.82 Å². The van der Waals surface area contributed by atoms with Gasteiger partial charge >= 0.3 is 5.97 Å². The number of anilines is 1. The van der Waals surface area contributed by atoms with Crippen molar-refractivity contribution < 1.29 is 19.1 Å². The monoisotopic (exact) mass is 465 g/mol. The van der Waals surface area contributed by atoms with E-state index in [2.05, 4.69) is 10.6 Å². The van der Waals surface area contributed by atoms with Crippen LogP contribution in [0.3, 0.4) is 0 Å². The number of hydrogen-bond acceptors (Lipinski definition) is 7. The molecule has 0 spiro atoms. The normalized spacial score (nSPS) is 17.9. The first kappa shape index (κ1) is 23.6. The van der Waals surface area contributed by atoms with Crippen LogP contribution in [0.1, 0.15) is 43.0 Å². The largest absolute Gasteiger partial charge is 0.497 e. The summed E-state index contributed by atoms with van der Waals surface area (Å²) in [6, 6.07) is 11.4. The molecule has 0 unspecified atom stereocenters. The zero-order chi connectivity index (χ0) is 24.1. The molecule has 0 atom stereocenters. The first-order valence-corrected chi connectivity index (χ1v) is 11.6. The predicted molar refractivity (Wildman–Crippen MR) is 130 cm³/mol. The number of aromatic nitrogens is 2. The van der Waals surface area contributed by atoms with Gasteiger partial charge in [0.05, 0.1) is 13.7 Å². The lowest BCUT2D eigenvalue weighted by Crippen LogP contribution is -2.40. The van der Waals surface area contributed by atoms with Gasteiger partial charge in [-0.2, -0.15) is 0 Å². The summed E-state index contributed by atoms with van der Waals surface area (Å²) in [7, 11) is 1.61. The molecule has 4 N–H and O–H groups in total. The van der Waals surface area contributed by atoms with Crippen molar-refractivity contribution >= 4 is 23.3 Å². The fourth-order valence-corrected chi connectivity index (χ4v) is 4.21. The number of fused-ring (bicyclic) bond motifs is 1. The minimum absolute atomic E-state index is 0.00313. The maximum Gasteiger partial charge on any atom is 0.325 e. The molecule has 0 radical (unpaired) electrons. The molecule has 1 amide bonds. The van der Waals surface area contributed by atoms with Crippen molar-refractivity contribution in [3.05, 3.63) is 48.2 Å². The molecule has 1 aromatic carbocycles. The summed E-state index contributed by atoms with van der Waals surface area (Å²) in [5, 5.41) is 6.27. The molecule has 9 heteroatoms. The van der Waals surface area contributed by atoms with Gasteiger partial charge < -0.3 is 25.8 Å². The van der Waals surface area contributed by atoms with Crippen molar-refractivity contribution in [3.63, 3.8) is 0 Å². The molecule has 1 fully saturated rings. The van der Waals surface area contributed by atoms with Crippen LogP contribution in [0.2, 0.25) is 0 Å². The van der Waals surface area contributed by atoms with E-state index in [9.17, 15) is 9.59 Å². The number of carbonyl (C=O) groups is 2. The number of carbonyl (C=O) groups excluding carboxylic acids is 2. The van der Waals surface area contributed by atoms with Gasteiger partial charge in [0, 0.05) is 29.4 Å². The van der Waals surface area contributed by atoms with Crippen LogP contribution in [0.25, 0.3) is 16.9 Å². The fraction of sp³-hybridized carbons (Fsp3) is 0.400. The number of ether oxygens (including phenoxy) is 2. The number of hydrogen-bond donors (Lipinski definition) is 3. The highest BCUT2D eigenvalue weighted by atomic mass is 16.5. The minimum Gasteiger partial charge on any atom is -0.497 e. The first-order valence-electron chi connectivity index (χ1n) is 11.6. The van der Waals surface area contributed by atoms with Crippen LogP contribution in [0, 0.1) is 0 Å². The van der Waals surface area contributed by atoms with Gasteiger partial charge in [0.2, 0.25) is 0 Å². The van der Waals surface area contributed by atoms with E-state index in [4.69, 9.17) is 20.2 Å². The average molecular weight is 466 g/mol. The highest BCUT2D eigenvalue weighted by molar-refractivity contribution is 5.95. The first-order chi connectivity index (χ1) is 16.5. The van der Waals surface area contributed by atoms with E-state index in [1.54, 1.807) is 32.4 Å². The van der Waals surface area contributed by atoms with E-state index in [-0.39, 0.29) is 30.5 Å². The summed E-state index contributed by atoms with van der Waals surface area (Å²) < 4.78 is 12.1. The van der Waals surface area contributed by atoms with Crippen molar-refractivity contribution in [2.45, 2.75) is 44.7 Å². The third-order valence-corrected chi connectivity index (χ3v) is 6.06. The lowest BCUT2D eigenvalue weighted by Gasteiger charge is -2.26. The number of rotatable bonds is 8. The lowest BCUT2D eigenvalue weighted by atomic mass is 9.91. The van der Waals surface area contributed by atoms with Gasteiger partial charge in [-0.15, -0.1) is 0 Å². The Hall–Kier alpha value is -3.59. The van der Waals surface area contributed by atoms with Gasteiger partial charge in [-0.1, -0.05) is 0 Å². The number of methoxy groups -OCH3 is 1. The molecule has 1 saturated carbocycles. The van der Waals surface area contributed by atoms with Gasteiger partial charge in [-0.25, -0.2) is 4.98 Å². The van der Waals surface area contributed by atoms with E-state index in [1.165, 1.54) is 0 Å². The van der Waals surface area contributed by atoms with Crippen LogP contribution in [0.15, 0.2) is 42.6 Å². The Bertz CT molecular complexity index is 1150. The smallest absolute Gasteiger partial charge is 0.325 e. The molecular formula is C25H31N5O4. The molecule has 180 valence electrons. The molecule has 0 bridgehead atoms. The average Bonchev–Trinajstić information content (AvgIpc) is 3.22. The predicted octanol–water partition coefficient (Wildman–Crippen LogP) is 2.98. The Kier molecular flexibility index (Phi) is 7.32. The summed E-state index contributed by atoms with van der Waals surface area (Å²) in [4.78, 5) is 29.6. The van der Waals surface area contributed by atoms with E-state index in [1.807, 2.05) is 28.7 Å². The Morgan fingerprint density at radius 1 is 1.15 bits per heavy atom. The number of nitrogens with one attached hydrogen (secondary N) is 2. The molecule has 4 rings (SSSR count). The molecule has 1 aliphatic rings. The number of amides is 1. The summed E-state index contributed by atoms with van der Waals surface area (Å²) in [6.45, 7) is 2.07. The molecule has 9 nitrogen and oxygen atoms in total. The highest BCUT2D eigenvalue weighted by Gasteiger charge is 2.22. The van der Waals surface area contributed by atoms with Crippen LogP contribution < -0.4 is 21.1 Å². The second kappa shape index (κ2) is 10.6. The topological polar surface area (TPSA) is 120 Å². The molecule has 0 saturated heterocycles. The Morgan fingerprint density at radius 3 is 2.56 bits per heavy atom. The molecule has 3 aromatic rings.